The minimum atomic E-state index is -0.0948. The second kappa shape index (κ2) is 9.08. The summed E-state index contributed by atoms with van der Waals surface area (Å²) in [6.45, 7) is 3.51. The summed E-state index contributed by atoms with van der Waals surface area (Å²) >= 11 is 0. The van der Waals surface area contributed by atoms with E-state index in [0.717, 1.165) is 42.0 Å². The SMILES string of the molecule is Cc1nc2cc(C(=O)N(Cc3ccccc3O)CC3CCCO3)ccc2n1-c1ccccc1. The van der Waals surface area contributed by atoms with Gasteiger partial charge in [0.15, 0.2) is 0 Å². The molecule has 1 N–H and O–H groups in total. The van der Waals surface area contributed by atoms with Crippen LogP contribution in [0.1, 0.15) is 34.6 Å². The number of aromatic nitrogens is 2. The van der Waals surface area contributed by atoms with E-state index in [4.69, 9.17) is 9.72 Å². The number of amides is 1. The first-order valence-electron chi connectivity index (χ1n) is 11.3. The molecule has 3 aromatic carbocycles. The molecule has 0 saturated carbocycles. The highest BCUT2D eigenvalue weighted by atomic mass is 16.5. The fourth-order valence-electron chi connectivity index (χ4n) is 4.52. The molecule has 1 aromatic heterocycles. The van der Waals surface area contributed by atoms with Gasteiger partial charge in [0.25, 0.3) is 5.91 Å². The van der Waals surface area contributed by atoms with Crippen molar-refractivity contribution in [2.75, 3.05) is 13.2 Å². The Morgan fingerprint density at radius 3 is 2.67 bits per heavy atom. The quantitative estimate of drug-likeness (QED) is 0.464. The molecule has 0 aliphatic carbocycles. The number of aryl methyl sites for hydroxylation is 1. The van der Waals surface area contributed by atoms with Crippen molar-refractivity contribution in [2.24, 2.45) is 0 Å². The highest BCUT2D eigenvalue weighted by Gasteiger charge is 2.25. The molecule has 33 heavy (non-hydrogen) atoms. The van der Waals surface area contributed by atoms with Crippen molar-refractivity contribution in [2.45, 2.75) is 32.4 Å². The Bertz CT molecular complexity index is 1280. The molecule has 1 aliphatic rings. The molecule has 2 heterocycles. The molecule has 0 spiro atoms. The second-order valence-electron chi connectivity index (χ2n) is 8.48. The summed E-state index contributed by atoms with van der Waals surface area (Å²) in [5.41, 5.74) is 4.07. The smallest absolute Gasteiger partial charge is 0.254 e. The molecule has 1 unspecified atom stereocenters. The summed E-state index contributed by atoms with van der Waals surface area (Å²) in [5, 5.41) is 10.3. The molecular formula is C27H27N3O3. The van der Waals surface area contributed by atoms with Gasteiger partial charge in [-0.3, -0.25) is 9.36 Å². The van der Waals surface area contributed by atoms with E-state index in [-0.39, 0.29) is 17.8 Å². The number of imidazole rings is 1. The fraction of sp³-hybridized carbons (Fsp3) is 0.259. The number of ether oxygens (including phenoxy) is 1. The van der Waals surface area contributed by atoms with E-state index in [9.17, 15) is 9.90 Å². The van der Waals surface area contributed by atoms with Crippen LogP contribution in [0.5, 0.6) is 5.75 Å². The molecule has 0 radical (unpaired) electrons. The summed E-state index contributed by atoms with van der Waals surface area (Å²) in [6.07, 6.45) is 1.96. The molecule has 0 bridgehead atoms. The van der Waals surface area contributed by atoms with Crippen LogP contribution < -0.4 is 0 Å². The predicted octanol–water partition coefficient (Wildman–Crippen LogP) is 4.86. The Labute approximate surface area is 193 Å². The first-order valence-corrected chi connectivity index (χ1v) is 11.3. The van der Waals surface area contributed by atoms with E-state index < -0.39 is 0 Å². The van der Waals surface area contributed by atoms with Crippen LogP contribution in [0.3, 0.4) is 0 Å². The van der Waals surface area contributed by atoms with Crippen molar-refractivity contribution in [3.63, 3.8) is 0 Å². The van der Waals surface area contributed by atoms with E-state index in [1.54, 1.807) is 17.0 Å². The van der Waals surface area contributed by atoms with E-state index in [1.165, 1.54) is 0 Å². The van der Waals surface area contributed by atoms with Crippen LogP contribution in [0.2, 0.25) is 0 Å². The number of nitrogens with zero attached hydrogens (tertiary/aromatic N) is 3. The summed E-state index contributed by atoms with van der Waals surface area (Å²) in [6, 6.07) is 22.9. The zero-order valence-corrected chi connectivity index (χ0v) is 18.6. The van der Waals surface area contributed by atoms with Crippen LogP contribution >= 0.6 is 0 Å². The summed E-state index contributed by atoms with van der Waals surface area (Å²) in [7, 11) is 0. The number of rotatable bonds is 6. The van der Waals surface area contributed by atoms with Gasteiger partial charge >= 0.3 is 0 Å². The van der Waals surface area contributed by atoms with Gasteiger partial charge in [0, 0.05) is 36.5 Å². The molecule has 6 heteroatoms. The Hall–Kier alpha value is -3.64. The third-order valence-electron chi connectivity index (χ3n) is 6.17. The minimum Gasteiger partial charge on any atom is -0.508 e. The standard InChI is InChI=1S/C27H27N3O3/c1-19-28-24-16-20(13-14-25(24)30(19)22-9-3-2-4-10-22)27(32)29(18-23-11-7-15-33-23)17-21-8-5-6-12-26(21)31/h2-6,8-10,12-14,16,23,31H,7,11,15,17-18H2,1H3. The first-order chi connectivity index (χ1) is 16.1. The van der Waals surface area contributed by atoms with Crippen LogP contribution in [0, 0.1) is 6.92 Å². The number of phenols is 1. The molecule has 1 aliphatic heterocycles. The van der Waals surface area contributed by atoms with E-state index in [1.807, 2.05) is 67.6 Å². The normalized spacial score (nSPS) is 15.7. The molecular weight excluding hydrogens is 414 g/mol. The van der Waals surface area contributed by atoms with E-state index in [2.05, 4.69) is 4.57 Å². The molecule has 6 nitrogen and oxygen atoms in total. The summed E-state index contributed by atoms with van der Waals surface area (Å²) < 4.78 is 7.90. The van der Waals surface area contributed by atoms with Gasteiger partial charge in [-0.15, -0.1) is 0 Å². The van der Waals surface area contributed by atoms with Crippen LogP contribution in [-0.4, -0.2) is 44.7 Å². The molecule has 1 amide bonds. The number of carbonyl (C=O) groups is 1. The van der Waals surface area contributed by atoms with Gasteiger partial charge in [-0.1, -0.05) is 36.4 Å². The van der Waals surface area contributed by atoms with Gasteiger partial charge in [0.1, 0.15) is 11.6 Å². The van der Waals surface area contributed by atoms with Gasteiger partial charge in [-0.05, 0) is 56.2 Å². The number of hydrogen-bond donors (Lipinski definition) is 1. The van der Waals surface area contributed by atoms with Crippen molar-refractivity contribution < 1.29 is 14.6 Å². The lowest BCUT2D eigenvalue weighted by atomic mass is 10.1. The van der Waals surface area contributed by atoms with Crippen LogP contribution in [0.15, 0.2) is 72.8 Å². The average molecular weight is 442 g/mol. The largest absolute Gasteiger partial charge is 0.508 e. The Balaban J connectivity index is 1.48. The van der Waals surface area contributed by atoms with Gasteiger partial charge < -0.3 is 14.7 Å². The Morgan fingerprint density at radius 2 is 1.91 bits per heavy atom. The molecule has 5 rings (SSSR count). The minimum absolute atomic E-state index is 0.0167. The van der Waals surface area contributed by atoms with Gasteiger partial charge in [0.05, 0.1) is 17.1 Å². The fourth-order valence-corrected chi connectivity index (χ4v) is 4.52. The molecule has 168 valence electrons. The van der Waals surface area contributed by atoms with E-state index in [0.29, 0.717) is 24.2 Å². The van der Waals surface area contributed by atoms with Crippen molar-refractivity contribution in [3.8, 4) is 11.4 Å². The Kier molecular flexibility index (Phi) is 5.84. The van der Waals surface area contributed by atoms with Crippen LogP contribution in [0.25, 0.3) is 16.7 Å². The topological polar surface area (TPSA) is 67.6 Å². The number of benzene rings is 3. The van der Waals surface area contributed by atoms with Crippen molar-refractivity contribution in [1.29, 1.82) is 0 Å². The number of carbonyl (C=O) groups excluding carboxylic acids is 1. The third-order valence-corrected chi connectivity index (χ3v) is 6.17. The maximum Gasteiger partial charge on any atom is 0.254 e. The number of fused-ring (bicyclic) bond motifs is 1. The van der Waals surface area contributed by atoms with Gasteiger partial charge in [-0.2, -0.15) is 0 Å². The number of para-hydroxylation sites is 2. The zero-order valence-electron chi connectivity index (χ0n) is 18.6. The maximum absolute atomic E-state index is 13.6. The van der Waals surface area contributed by atoms with Crippen molar-refractivity contribution in [1.82, 2.24) is 14.5 Å². The first kappa shape index (κ1) is 21.2. The van der Waals surface area contributed by atoms with Crippen LogP contribution in [0.4, 0.5) is 0 Å². The van der Waals surface area contributed by atoms with Crippen molar-refractivity contribution in [3.05, 3.63) is 89.7 Å². The predicted molar refractivity (Wildman–Crippen MR) is 128 cm³/mol. The third kappa shape index (κ3) is 4.34. The lowest BCUT2D eigenvalue weighted by Crippen LogP contribution is -2.37. The van der Waals surface area contributed by atoms with Gasteiger partial charge in [0.2, 0.25) is 0 Å². The molecule has 1 saturated heterocycles. The number of phenolic OH excluding ortho intramolecular Hbond substituents is 1. The van der Waals surface area contributed by atoms with Crippen molar-refractivity contribution >= 4 is 16.9 Å². The Morgan fingerprint density at radius 1 is 1.12 bits per heavy atom. The molecule has 4 aromatic rings. The monoisotopic (exact) mass is 441 g/mol. The molecule has 1 fully saturated rings. The highest BCUT2D eigenvalue weighted by molar-refractivity contribution is 5.97. The average Bonchev–Trinajstić information content (AvgIpc) is 3.46. The summed E-state index contributed by atoms with van der Waals surface area (Å²) in [5.74, 6) is 0.962. The number of hydrogen-bond acceptors (Lipinski definition) is 4. The van der Waals surface area contributed by atoms with Gasteiger partial charge in [-0.25, -0.2) is 4.98 Å². The maximum atomic E-state index is 13.6. The second-order valence-corrected chi connectivity index (χ2v) is 8.48. The number of aromatic hydroxyl groups is 1. The van der Waals surface area contributed by atoms with Crippen LogP contribution in [-0.2, 0) is 11.3 Å². The lowest BCUT2D eigenvalue weighted by molar-refractivity contribution is 0.0506. The molecule has 1 atom stereocenters. The highest BCUT2D eigenvalue weighted by Crippen LogP contribution is 2.25. The van der Waals surface area contributed by atoms with E-state index >= 15 is 0 Å². The zero-order chi connectivity index (χ0) is 22.8. The summed E-state index contributed by atoms with van der Waals surface area (Å²) in [4.78, 5) is 20.1. The lowest BCUT2D eigenvalue weighted by Gasteiger charge is -2.26.